The minimum absolute atomic E-state index is 0.0210. The van der Waals surface area contributed by atoms with Crippen LogP contribution < -0.4 is 15.8 Å². The van der Waals surface area contributed by atoms with Gasteiger partial charge in [0.15, 0.2) is 12.4 Å². The van der Waals surface area contributed by atoms with Gasteiger partial charge in [-0.2, -0.15) is 0 Å². The number of halogens is 1. The van der Waals surface area contributed by atoms with Crippen molar-refractivity contribution in [3.63, 3.8) is 0 Å². The molecule has 0 radical (unpaired) electrons. The van der Waals surface area contributed by atoms with Gasteiger partial charge >= 0.3 is 0 Å². The predicted octanol–water partition coefficient (Wildman–Crippen LogP) is 2.14. The Hall–Kier alpha value is -1.95. The first-order chi connectivity index (χ1) is 9.97. The average molecular weight is 314 g/mol. The molecule has 0 unspecified atom stereocenters. The van der Waals surface area contributed by atoms with E-state index in [9.17, 15) is 4.79 Å². The normalized spacial score (nSPS) is 12.0. The van der Waals surface area contributed by atoms with Gasteiger partial charge in [-0.3, -0.25) is 4.79 Å². The van der Waals surface area contributed by atoms with Crippen molar-refractivity contribution < 1.29 is 14.7 Å². The number of amides is 1. The molecule has 0 fully saturated rings. The monoisotopic (exact) mass is 313 g/mol. The van der Waals surface area contributed by atoms with Crippen LogP contribution in [0.4, 0.5) is 0 Å². The first-order valence-corrected chi connectivity index (χ1v) is 7.02. The summed E-state index contributed by atoms with van der Waals surface area (Å²) in [5, 5.41) is 15.2. The van der Waals surface area contributed by atoms with Crippen LogP contribution in [0, 0.1) is 0 Å². The number of nitrogens with zero attached hydrogens (tertiary/aromatic N) is 1. The van der Waals surface area contributed by atoms with Crippen molar-refractivity contribution >= 4 is 23.3 Å². The maximum absolute atomic E-state index is 12.0. The molecule has 0 saturated carbocycles. The first-order valence-electron chi connectivity index (χ1n) is 6.64. The van der Waals surface area contributed by atoms with Crippen LogP contribution in [-0.2, 0) is 4.79 Å². The molecule has 0 aliphatic carbocycles. The van der Waals surface area contributed by atoms with E-state index in [1.54, 1.807) is 24.3 Å². The molecule has 1 rings (SSSR count). The highest BCUT2D eigenvalue weighted by molar-refractivity contribution is 6.30. The van der Waals surface area contributed by atoms with Crippen LogP contribution in [0.25, 0.3) is 0 Å². The quantitative estimate of drug-likeness (QED) is 0.311. The van der Waals surface area contributed by atoms with E-state index < -0.39 is 5.54 Å². The molecule has 1 amide bonds. The summed E-state index contributed by atoms with van der Waals surface area (Å²) in [7, 11) is 0. The van der Waals surface area contributed by atoms with Crippen molar-refractivity contribution in [2.75, 3.05) is 6.61 Å². The second kappa shape index (κ2) is 7.73. The van der Waals surface area contributed by atoms with E-state index in [4.69, 9.17) is 27.3 Å². The van der Waals surface area contributed by atoms with Gasteiger partial charge in [0.05, 0.1) is 0 Å². The summed E-state index contributed by atoms with van der Waals surface area (Å²) < 4.78 is 5.36. The highest BCUT2D eigenvalue weighted by Gasteiger charge is 2.33. The van der Waals surface area contributed by atoms with E-state index >= 15 is 0 Å². The molecular formula is C14H20ClN3O3. The standard InChI is InChI=1S/C14H20ClN3O3/c1-3-14(4-2,13(16)18-20)17-12(19)9-21-11-7-5-10(15)6-8-11/h5-8,20H,3-4,9H2,1-2H3,(H2,16,18)(H,17,19). The van der Waals surface area contributed by atoms with Crippen LogP contribution >= 0.6 is 11.6 Å². The maximum atomic E-state index is 12.0. The second-order valence-corrected chi connectivity index (χ2v) is 5.00. The van der Waals surface area contributed by atoms with Gasteiger partial charge < -0.3 is 21.0 Å². The number of hydrogen-bond donors (Lipinski definition) is 3. The van der Waals surface area contributed by atoms with Gasteiger partial charge in [0.25, 0.3) is 5.91 Å². The number of ether oxygens (including phenoxy) is 1. The number of amidine groups is 1. The van der Waals surface area contributed by atoms with Crippen molar-refractivity contribution in [2.45, 2.75) is 32.2 Å². The van der Waals surface area contributed by atoms with Crippen LogP contribution in [-0.4, -0.2) is 29.1 Å². The Kier molecular flexibility index (Phi) is 6.30. The highest BCUT2D eigenvalue weighted by atomic mass is 35.5. The van der Waals surface area contributed by atoms with Crippen LogP contribution in [0.2, 0.25) is 5.02 Å². The van der Waals surface area contributed by atoms with E-state index in [0.717, 1.165) is 0 Å². The Morgan fingerprint density at radius 2 is 1.95 bits per heavy atom. The van der Waals surface area contributed by atoms with Crippen LogP contribution in [0.3, 0.4) is 0 Å². The third-order valence-electron chi connectivity index (χ3n) is 3.37. The SMILES string of the molecule is CCC(CC)(NC(=O)COc1ccc(Cl)cc1)/C(N)=N/O. The molecule has 0 bridgehead atoms. The first kappa shape index (κ1) is 17.1. The summed E-state index contributed by atoms with van der Waals surface area (Å²) in [6.45, 7) is 3.53. The van der Waals surface area contributed by atoms with E-state index in [1.165, 1.54) is 0 Å². The molecule has 0 atom stereocenters. The predicted molar refractivity (Wildman–Crippen MR) is 81.8 cm³/mol. The second-order valence-electron chi connectivity index (χ2n) is 4.57. The van der Waals surface area contributed by atoms with Gasteiger partial charge in [0.2, 0.25) is 0 Å². The highest BCUT2D eigenvalue weighted by Crippen LogP contribution is 2.17. The fourth-order valence-corrected chi connectivity index (χ4v) is 2.06. The van der Waals surface area contributed by atoms with E-state index in [2.05, 4.69) is 10.5 Å². The molecular weight excluding hydrogens is 294 g/mol. The Balaban J connectivity index is 2.64. The van der Waals surface area contributed by atoms with Crippen LogP contribution in [0.1, 0.15) is 26.7 Å². The zero-order valence-corrected chi connectivity index (χ0v) is 12.9. The molecule has 6 nitrogen and oxygen atoms in total. The number of hydrogen-bond acceptors (Lipinski definition) is 4. The Morgan fingerprint density at radius 1 is 1.38 bits per heavy atom. The van der Waals surface area contributed by atoms with Gasteiger partial charge in [-0.15, -0.1) is 0 Å². The fourth-order valence-electron chi connectivity index (χ4n) is 1.93. The molecule has 0 aliphatic heterocycles. The lowest BCUT2D eigenvalue weighted by Crippen LogP contribution is -2.57. The minimum atomic E-state index is -0.866. The Labute approximate surface area is 128 Å². The lowest BCUT2D eigenvalue weighted by atomic mass is 9.91. The molecule has 0 spiro atoms. The third kappa shape index (κ3) is 4.53. The zero-order valence-electron chi connectivity index (χ0n) is 12.1. The van der Waals surface area contributed by atoms with Gasteiger partial charge in [0.1, 0.15) is 11.3 Å². The van der Waals surface area contributed by atoms with Crippen molar-refractivity contribution in [1.29, 1.82) is 0 Å². The Morgan fingerprint density at radius 3 is 2.43 bits per heavy atom. The molecule has 1 aromatic rings. The van der Waals surface area contributed by atoms with Crippen molar-refractivity contribution in [2.24, 2.45) is 10.9 Å². The number of carbonyl (C=O) groups is 1. The number of nitrogens with two attached hydrogens (primary N) is 1. The molecule has 0 aliphatic rings. The zero-order chi connectivity index (χ0) is 15.9. The molecule has 1 aromatic carbocycles. The summed E-state index contributed by atoms with van der Waals surface area (Å²) in [6.07, 6.45) is 1.01. The molecule has 116 valence electrons. The molecule has 4 N–H and O–H groups in total. The number of rotatable bonds is 7. The third-order valence-corrected chi connectivity index (χ3v) is 3.62. The average Bonchev–Trinajstić information content (AvgIpc) is 2.51. The van der Waals surface area contributed by atoms with Gasteiger partial charge in [-0.25, -0.2) is 0 Å². The summed E-state index contributed by atoms with van der Waals surface area (Å²) >= 11 is 5.76. The van der Waals surface area contributed by atoms with E-state index in [0.29, 0.717) is 23.6 Å². The van der Waals surface area contributed by atoms with Crippen molar-refractivity contribution in [1.82, 2.24) is 5.32 Å². The van der Waals surface area contributed by atoms with Gasteiger partial charge in [0, 0.05) is 5.02 Å². The Bertz CT molecular complexity index is 499. The maximum Gasteiger partial charge on any atom is 0.258 e. The topological polar surface area (TPSA) is 96.9 Å². The summed E-state index contributed by atoms with van der Waals surface area (Å²) in [5.74, 6) is 0.171. The van der Waals surface area contributed by atoms with E-state index in [1.807, 2.05) is 13.8 Å². The fraction of sp³-hybridized carbons (Fsp3) is 0.429. The van der Waals surface area contributed by atoms with E-state index in [-0.39, 0.29) is 18.3 Å². The molecule has 0 aromatic heterocycles. The van der Waals surface area contributed by atoms with Gasteiger partial charge in [-0.05, 0) is 37.1 Å². The summed E-state index contributed by atoms with van der Waals surface area (Å²) in [5.41, 5.74) is 4.81. The molecule has 0 heterocycles. The molecule has 7 heteroatoms. The molecule has 0 saturated heterocycles. The number of benzene rings is 1. The smallest absolute Gasteiger partial charge is 0.258 e. The lowest BCUT2D eigenvalue weighted by molar-refractivity contribution is -0.124. The summed E-state index contributed by atoms with van der Waals surface area (Å²) in [4.78, 5) is 12.0. The number of carbonyl (C=O) groups excluding carboxylic acids is 1. The summed E-state index contributed by atoms with van der Waals surface area (Å²) in [6, 6.07) is 6.69. The van der Waals surface area contributed by atoms with Crippen LogP contribution in [0.15, 0.2) is 29.4 Å². The number of oxime groups is 1. The lowest BCUT2D eigenvalue weighted by Gasteiger charge is -2.31. The van der Waals surface area contributed by atoms with Crippen molar-refractivity contribution in [3.05, 3.63) is 29.3 Å². The molecule has 21 heavy (non-hydrogen) atoms. The van der Waals surface area contributed by atoms with Crippen molar-refractivity contribution in [3.8, 4) is 5.75 Å². The van der Waals surface area contributed by atoms with Gasteiger partial charge in [-0.1, -0.05) is 30.6 Å². The number of nitrogens with one attached hydrogen (secondary N) is 1. The minimum Gasteiger partial charge on any atom is -0.484 e. The van der Waals surface area contributed by atoms with Crippen LogP contribution in [0.5, 0.6) is 5.75 Å². The largest absolute Gasteiger partial charge is 0.484 e.